The van der Waals surface area contributed by atoms with Crippen molar-refractivity contribution in [2.45, 2.75) is 6.54 Å². The Balaban J connectivity index is 1.73. The standard InChI is InChI=1S/C20H14N2O3S/c23-18(13-6-2-1-3-7-13)12-22-11-14(15-8-4-5-9-17(15)22)10-16-19(24)26-20(25)21-16/h1-11H,12H2,(H,21,25). The van der Waals surface area contributed by atoms with Crippen LogP contribution in [0.3, 0.4) is 0 Å². The molecule has 1 aliphatic rings. The van der Waals surface area contributed by atoms with Crippen LogP contribution in [0.5, 0.6) is 0 Å². The maximum absolute atomic E-state index is 12.6. The first-order chi connectivity index (χ1) is 12.6. The maximum atomic E-state index is 12.6. The van der Waals surface area contributed by atoms with Crippen molar-refractivity contribution in [1.29, 1.82) is 0 Å². The number of hydrogen-bond donors (Lipinski definition) is 1. The van der Waals surface area contributed by atoms with Gasteiger partial charge in [0.05, 0.1) is 12.2 Å². The summed E-state index contributed by atoms with van der Waals surface area (Å²) in [5.74, 6) is 0.00589. The molecule has 6 heteroatoms. The van der Waals surface area contributed by atoms with E-state index in [2.05, 4.69) is 5.32 Å². The van der Waals surface area contributed by atoms with E-state index in [0.717, 1.165) is 16.5 Å². The largest absolute Gasteiger partial charge is 0.339 e. The lowest BCUT2D eigenvalue weighted by Gasteiger charge is -2.04. The van der Waals surface area contributed by atoms with Crippen LogP contribution in [0.25, 0.3) is 17.0 Å². The first-order valence-electron chi connectivity index (χ1n) is 8.03. The number of nitrogens with zero attached hydrogens (tertiary/aromatic N) is 1. The highest BCUT2D eigenvalue weighted by Gasteiger charge is 2.25. The van der Waals surface area contributed by atoms with Crippen molar-refractivity contribution in [3.8, 4) is 0 Å². The van der Waals surface area contributed by atoms with Crippen LogP contribution in [0, 0.1) is 0 Å². The zero-order valence-electron chi connectivity index (χ0n) is 13.6. The molecule has 4 rings (SSSR count). The molecule has 1 N–H and O–H groups in total. The van der Waals surface area contributed by atoms with Crippen LogP contribution in [0.15, 0.2) is 66.5 Å². The lowest BCUT2D eigenvalue weighted by Crippen LogP contribution is -2.10. The van der Waals surface area contributed by atoms with Gasteiger partial charge in [-0.3, -0.25) is 14.4 Å². The fourth-order valence-electron chi connectivity index (χ4n) is 2.97. The highest BCUT2D eigenvalue weighted by molar-refractivity contribution is 8.27. The smallest absolute Gasteiger partial charge is 0.291 e. The predicted molar refractivity (Wildman–Crippen MR) is 102 cm³/mol. The topological polar surface area (TPSA) is 68.2 Å². The fourth-order valence-corrected chi connectivity index (χ4v) is 3.52. The minimum atomic E-state index is -0.371. The van der Waals surface area contributed by atoms with Gasteiger partial charge in [0, 0.05) is 40.0 Å². The van der Waals surface area contributed by atoms with E-state index in [4.69, 9.17) is 0 Å². The first kappa shape index (κ1) is 16.4. The molecule has 3 aromatic rings. The molecule has 1 aromatic heterocycles. The van der Waals surface area contributed by atoms with Gasteiger partial charge >= 0.3 is 0 Å². The summed E-state index contributed by atoms with van der Waals surface area (Å²) in [4.78, 5) is 35.8. The maximum Gasteiger partial charge on any atom is 0.291 e. The Kier molecular flexibility index (Phi) is 4.18. The molecule has 128 valence electrons. The lowest BCUT2D eigenvalue weighted by molar-refractivity contribution is -0.107. The number of nitrogens with one attached hydrogen (secondary N) is 1. The highest BCUT2D eigenvalue weighted by atomic mass is 32.2. The fraction of sp³-hybridized carbons (Fsp3) is 0.0500. The van der Waals surface area contributed by atoms with E-state index in [-0.39, 0.29) is 28.4 Å². The van der Waals surface area contributed by atoms with Gasteiger partial charge in [-0.1, -0.05) is 48.5 Å². The number of ketones is 1. The van der Waals surface area contributed by atoms with Crippen molar-refractivity contribution in [1.82, 2.24) is 9.88 Å². The van der Waals surface area contributed by atoms with Crippen molar-refractivity contribution < 1.29 is 14.4 Å². The van der Waals surface area contributed by atoms with Crippen LogP contribution in [-0.2, 0) is 11.3 Å². The minimum Gasteiger partial charge on any atom is -0.339 e. The van der Waals surface area contributed by atoms with Gasteiger partial charge in [-0.15, -0.1) is 0 Å². The molecule has 0 unspecified atom stereocenters. The molecule has 0 atom stereocenters. The van der Waals surface area contributed by atoms with E-state index in [1.807, 2.05) is 53.2 Å². The third kappa shape index (κ3) is 3.07. The van der Waals surface area contributed by atoms with Crippen molar-refractivity contribution in [2.75, 3.05) is 0 Å². The molecule has 0 saturated carbocycles. The summed E-state index contributed by atoms with van der Waals surface area (Å²) in [6.45, 7) is 0.197. The Morgan fingerprint density at radius 3 is 2.50 bits per heavy atom. The number of benzene rings is 2. The Bertz CT molecular complexity index is 1070. The quantitative estimate of drug-likeness (QED) is 0.565. The number of thioether (sulfide) groups is 1. The summed E-state index contributed by atoms with van der Waals surface area (Å²) >= 11 is 0.650. The zero-order valence-corrected chi connectivity index (χ0v) is 14.5. The summed E-state index contributed by atoms with van der Waals surface area (Å²) in [7, 11) is 0. The molecule has 0 radical (unpaired) electrons. The first-order valence-corrected chi connectivity index (χ1v) is 8.84. The molecule has 0 spiro atoms. The number of amides is 1. The molecular weight excluding hydrogens is 348 g/mol. The Morgan fingerprint density at radius 2 is 1.77 bits per heavy atom. The number of Topliss-reactive ketones (excluding diaryl/α,β-unsaturated/α-hetero) is 1. The third-order valence-electron chi connectivity index (χ3n) is 4.17. The monoisotopic (exact) mass is 362 g/mol. The second-order valence-electron chi connectivity index (χ2n) is 5.88. The van der Waals surface area contributed by atoms with Gasteiger partial charge < -0.3 is 9.88 Å². The van der Waals surface area contributed by atoms with Gasteiger partial charge in [0.1, 0.15) is 0 Å². The van der Waals surface area contributed by atoms with Crippen LogP contribution in [-0.4, -0.2) is 20.7 Å². The number of fused-ring (bicyclic) bond motifs is 1. The summed E-state index contributed by atoms with van der Waals surface area (Å²) in [5.41, 5.74) is 2.60. The van der Waals surface area contributed by atoms with Crippen LogP contribution in [0.1, 0.15) is 15.9 Å². The molecule has 5 nitrogen and oxygen atoms in total. The third-order valence-corrected chi connectivity index (χ3v) is 4.86. The molecule has 0 aliphatic carbocycles. The van der Waals surface area contributed by atoms with Crippen molar-refractivity contribution in [3.63, 3.8) is 0 Å². The minimum absolute atomic E-state index is 0.00589. The lowest BCUT2D eigenvalue weighted by atomic mass is 10.1. The summed E-state index contributed by atoms with van der Waals surface area (Å²) in [6.07, 6.45) is 3.49. The number of rotatable bonds is 4. The van der Waals surface area contributed by atoms with Gasteiger partial charge in [0.15, 0.2) is 5.78 Å². The average molecular weight is 362 g/mol. The summed E-state index contributed by atoms with van der Waals surface area (Å²) in [5, 5.41) is 2.80. The summed E-state index contributed by atoms with van der Waals surface area (Å²) < 4.78 is 1.87. The van der Waals surface area contributed by atoms with Gasteiger partial charge in [-0.05, 0) is 12.1 Å². The molecule has 2 heterocycles. The van der Waals surface area contributed by atoms with Crippen molar-refractivity contribution in [2.24, 2.45) is 0 Å². The Labute approximate surface area is 153 Å². The molecule has 1 saturated heterocycles. The second-order valence-corrected chi connectivity index (χ2v) is 6.82. The number of para-hydroxylation sites is 1. The van der Waals surface area contributed by atoms with Gasteiger partial charge in [0.25, 0.3) is 5.24 Å². The second kappa shape index (κ2) is 6.65. The van der Waals surface area contributed by atoms with E-state index >= 15 is 0 Å². The van der Waals surface area contributed by atoms with Gasteiger partial charge in [-0.2, -0.15) is 0 Å². The molecule has 1 aliphatic heterocycles. The molecule has 0 bridgehead atoms. The van der Waals surface area contributed by atoms with Crippen LogP contribution in [0.4, 0.5) is 4.79 Å². The number of hydrogen-bond acceptors (Lipinski definition) is 4. The van der Waals surface area contributed by atoms with E-state index in [9.17, 15) is 14.4 Å². The average Bonchev–Trinajstić information content (AvgIpc) is 3.16. The van der Waals surface area contributed by atoms with Crippen LogP contribution >= 0.6 is 11.8 Å². The SMILES string of the molecule is O=C1NC(=Cc2cn(CC(=O)c3ccccc3)c3ccccc23)C(=O)S1. The Morgan fingerprint density at radius 1 is 1.04 bits per heavy atom. The Hall–Kier alpha value is -3.12. The van der Waals surface area contributed by atoms with Crippen LogP contribution < -0.4 is 5.32 Å². The molecular formula is C20H14N2O3S. The van der Waals surface area contributed by atoms with Crippen molar-refractivity contribution in [3.05, 3.63) is 77.6 Å². The number of carbonyl (C=O) groups excluding carboxylic acids is 3. The molecule has 26 heavy (non-hydrogen) atoms. The van der Waals surface area contributed by atoms with E-state index in [1.165, 1.54) is 0 Å². The van der Waals surface area contributed by atoms with Crippen LogP contribution in [0.2, 0.25) is 0 Å². The molecule has 1 fully saturated rings. The molecule has 1 amide bonds. The zero-order chi connectivity index (χ0) is 18.1. The van der Waals surface area contributed by atoms with E-state index in [1.54, 1.807) is 18.2 Å². The normalized spacial score (nSPS) is 15.6. The number of aromatic nitrogens is 1. The van der Waals surface area contributed by atoms with Gasteiger partial charge in [0.2, 0.25) is 5.12 Å². The van der Waals surface area contributed by atoms with Crippen molar-refractivity contribution >= 4 is 44.9 Å². The predicted octanol–water partition coefficient (Wildman–Crippen LogP) is 3.85. The highest BCUT2D eigenvalue weighted by Crippen LogP contribution is 2.26. The molecule has 2 aromatic carbocycles. The summed E-state index contributed by atoms with van der Waals surface area (Å²) in [6, 6.07) is 16.8. The van der Waals surface area contributed by atoms with E-state index < -0.39 is 0 Å². The van der Waals surface area contributed by atoms with E-state index in [0.29, 0.717) is 17.3 Å². The van der Waals surface area contributed by atoms with Gasteiger partial charge in [-0.25, -0.2) is 0 Å². The number of carbonyl (C=O) groups is 3.